The minimum atomic E-state index is -0.407. The fraction of sp³-hybridized carbons (Fsp3) is 0.276. The third-order valence-corrected chi connectivity index (χ3v) is 7.87. The van der Waals surface area contributed by atoms with Crippen LogP contribution in [0.2, 0.25) is 0 Å². The van der Waals surface area contributed by atoms with Crippen LogP contribution in [0.15, 0.2) is 66.2 Å². The Hall–Kier alpha value is -4.11. The van der Waals surface area contributed by atoms with Crippen LogP contribution < -0.4 is 10.1 Å². The highest BCUT2D eigenvalue weighted by molar-refractivity contribution is 7.13. The van der Waals surface area contributed by atoms with Crippen molar-refractivity contribution in [3.05, 3.63) is 82.9 Å². The van der Waals surface area contributed by atoms with Crippen LogP contribution in [0.3, 0.4) is 0 Å². The molecule has 1 N–H and O–H groups in total. The lowest BCUT2D eigenvalue weighted by molar-refractivity contribution is -0.119. The number of rotatable bonds is 5. The van der Waals surface area contributed by atoms with Crippen LogP contribution in [0.4, 0.5) is 5.13 Å². The molecule has 1 saturated heterocycles. The highest BCUT2D eigenvalue weighted by atomic mass is 32.1. The van der Waals surface area contributed by atoms with Gasteiger partial charge in [0.1, 0.15) is 11.3 Å². The van der Waals surface area contributed by atoms with E-state index in [2.05, 4.69) is 15.5 Å². The number of likely N-dealkylation sites (tertiary alicyclic amines) is 1. The summed E-state index contributed by atoms with van der Waals surface area (Å²) in [7, 11) is 0. The van der Waals surface area contributed by atoms with Gasteiger partial charge in [0.15, 0.2) is 0 Å². The number of fused-ring (bicyclic) bond motifs is 2. The summed E-state index contributed by atoms with van der Waals surface area (Å²) in [6, 6.07) is 19.3. The van der Waals surface area contributed by atoms with Crippen LogP contribution >= 0.6 is 11.3 Å². The van der Waals surface area contributed by atoms with Crippen molar-refractivity contribution in [3.8, 4) is 22.9 Å². The van der Waals surface area contributed by atoms with Gasteiger partial charge in [0.2, 0.25) is 16.9 Å². The molecule has 8 nitrogen and oxygen atoms in total. The van der Waals surface area contributed by atoms with E-state index in [1.54, 1.807) is 5.51 Å². The van der Waals surface area contributed by atoms with Crippen molar-refractivity contribution < 1.29 is 14.3 Å². The Balaban J connectivity index is 1.28. The average molecular weight is 526 g/mol. The second kappa shape index (κ2) is 10.3. The van der Waals surface area contributed by atoms with Crippen LogP contribution in [0, 0.1) is 5.92 Å². The van der Waals surface area contributed by atoms with Gasteiger partial charge in [-0.25, -0.2) is 4.98 Å². The fourth-order valence-corrected chi connectivity index (χ4v) is 5.68. The number of hydrogen-bond donors (Lipinski definition) is 1. The minimum Gasteiger partial charge on any atom is -0.438 e. The average Bonchev–Trinajstić information content (AvgIpc) is 3.48. The molecule has 9 heteroatoms. The van der Waals surface area contributed by atoms with E-state index in [-0.39, 0.29) is 17.7 Å². The minimum absolute atomic E-state index is 0.0817. The third kappa shape index (κ3) is 4.65. The van der Waals surface area contributed by atoms with E-state index in [1.165, 1.54) is 17.8 Å². The van der Waals surface area contributed by atoms with Crippen LogP contribution in [-0.2, 0) is 4.79 Å². The molecule has 1 fully saturated rings. The Morgan fingerprint density at radius 2 is 1.79 bits per heavy atom. The molecule has 2 amide bonds. The molecule has 38 heavy (non-hydrogen) atoms. The number of carbonyl (C=O) groups excluding carboxylic acids is 2. The number of nitrogens with one attached hydrogen (secondary N) is 1. The van der Waals surface area contributed by atoms with Crippen LogP contribution in [0.25, 0.3) is 11.3 Å². The molecule has 0 bridgehead atoms. The Labute approximate surface area is 224 Å². The Kier molecular flexibility index (Phi) is 6.59. The summed E-state index contributed by atoms with van der Waals surface area (Å²) in [4.78, 5) is 32.8. The molecule has 0 radical (unpaired) electrons. The van der Waals surface area contributed by atoms with Gasteiger partial charge in [-0.2, -0.15) is 0 Å². The van der Waals surface area contributed by atoms with Gasteiger partial charge in [0.05, 0.1) is 5.69 Å². The molecule has 2 aromatic carbocycles. The van der Waals surface area contributed by atoms with Crippen molar-refractivity contribution in [2.45, 2.75) is 32.1 Å². The molecule has 1 unspecified atom stereocenters. The molecule has 4 heterocycles. The molecule has 2 aliphatic rings. The van der Waals surface area contributed by atoms with E-state index in [9.17, 15) is 9.59 Å². The van der Waals surface area contributed by atoms with E-state index in [0.717, 1.165) is 48.3 Å². The molecular weight excluding hydrogens is 498 g/mol. The van der Waals surface area contributed by atoms with Gasteiger partial charge in [-0.15, -0.1) is 10.2 Å². The number of aromatic nitrogens is 3. The number of pyridine rings is 1. The summed E-state index contributed by atoms with van der Waals surface area (Å²) < 4.78 is 6.22. The van der Waals surface area contributed by atoms with Crippen LogP contribution in [-0.4, -0.2) is 45.0 Å². The predicted molar refractivity (Wildman–Crippen MR) is 145 cm³/mol. The first-order valence-electron chi connectivity index (χ1n) is 12.8. The normalized spacial score (nSPS) is 17.1. The Morgan fingerprint density at radius 3 is 2.55 bits per heavy atom. The third-order valence-electron chi connectivity index (χ3n) is 7.26. The lowest BCUT2D eigenvalue weighted by Gasteiger charge is -2.31. The van der Waals surface area contributed by atoms with E-state index >= 15 is 0 Å². The SMILES string of the molecule is CC(C(=O)Nc1nncs1)[C@H]1c2ccccc2Oc2nc(-c3ccc(C(=O)N4CCCCC4)cc3)ccc21. The number of para-hydroxylation sites is 1. The maximum absolute atomic E-state index is 13.2. The summed E-state index contributed by atoms with van der Waals surface area (Å²) in [6.45, 7) is 3.55. The molecule has 0 spiro atoms. The van der Waals surface area contributed by atoms with Gasteiger partial charge < -0.3 is 15.0 Å². The van der Waals surface area contributed by atoms with Crippen molar-refractivity contribution in [2.75, 3.05) is 18.4 Å². The summed E-state index contributed by atoms with van der Waals surface area (Å²) in [5.74, 6) is 0.456. The number of ether oxygens (including phenoxy) is 1. The zero-order chi connectivity index (χ0) is 26.1. The van der Waals surface area contributed by atoms with E-state index in [4.69, 9.17) is 9.72 Å². The largest absolute Gasteiger partial charge is 0.438 e. The number of anilines is 1. The molecule has 2 aliphatic heterocycles. The van der Waals surface area contributed by atoms with Crippen molar-refractivity contribution in [1.29, 1.82) is 0 Å². The van der Waals surface area contributed by atoms with Gasteiger partial charge in [-0.1, -0.05) is 54.7 Å². The number of benzene rings is 2. The lowest BCUT2D eigenvalue weighted by atomic mass is 9.79. The topological polar surface area (TPSA) is 97.3 Å². The number of hydrogen-bond acceptors (Lipinski definition) is 7. The van der Waals surface area contributed by atoms with Crippen molar-refractivity contribution >= 4 is 28.3 Å². The quantitative estimate of drug-likeness (QED) is 0.357. The highest BCUT2D eigenvalue weighted by Gasteiger charge is 2.36. The standard InChI is InChI=1S/C29H27N5O3S/c1-18(26(35)32-29-33-30-17-38-29)25-21-7-3-4-8-24(21)37-27-22(25)13-14-23(31-27)19-9-11-20(12-10-19)28(36)34-15-5-2-6-16-34/h3-4,7-14,17-18,25H,2,5-6,15-16H2,1H3,(H,32,33,35)/t18?,25-/m0/s1. The second-order valence-electron chi connectivity index (χ2n) is 9.66. The van der Waals surface area contributed by atoms with Crippen LogP contribution in [0.1, 0.15) is 53.6 Å². The highest BCUT2D eigenvalue weighted by Crippen LogP contribution is 2.47. The van der Waals surface area contributed by atoms with Gasteiger partial charge in [0, 0.05) is 47.2 Å². The van der Waals surface area contributed by atoms with Gasteiger partial charge in [0.25, 0.3) is 5.91 Å². The van der Waals surface area contributed by atoms with E-state index < -0.39 is 5.92 Å². The van der Waals surface area contributed by atoms with E-state index in [0.29, 0.717) is 22.3 Å². The maximum atomic E-state index is 13.2. The maximum Gasteiger partial charge on any atom is 0.253 e. The first-order valence-corrected chi connectivity index (χ1v) is 13.7. The molecule has 2 aromatic heterocycles. The summed E-state index contributed by atoms with van der Waals surface area (Å²) in [5.41, 5.74) is 5.70. The lowest BCUT2D eigenvalue weighted by Crippen LogP contribution is -2.35. The Bertz CT molecular complexity index is 1470. The number of amides is 2. The molecular formula is C29H27N5O3S. The predicted octanol–water partition coefficient (Wildman–Crippen LogP) is 5.74. The molecule has 0 saturated carbocycles. The van der Waals surface area contributed by atoms with Crippen molar-refractivity contribution in [3.63, 3.8) is 0 Å². The first-order chi connectivity index (χ1) is 18.6. The summed E-state index contributed by atoms with van der Waals surface area (Å²) >= 11 is 1.28. The van der Waals surface area contributed by atoms with Gasteiger partial charge in [-0.3, -0.25) is 9.59 Å². The molecule has 6 rings (SSSR count). The monoisotopic (exact) mass is 525 g/mol. The Morgan fingerprint density at radius 1 is 1.00 bits per heavy atom. The van der Waals surface area contributed by atoms with Gasteiger partial charge in [-0.05, 0) is 43.5 Å². The molecule has 192 valence electrons. The van der Waals surface area contributed by atoms with Crippen LogP contribution in [0.5, 0.6) is 11.6 Å². The molecule has 2 atom stereocenters. The van der Waals surface area contributed by atoms with Crippen molar-refractivity contribution in [2.24, 2.45) is 5.92 Å². The number of piperidine rings is 1. The summed E-state index contributed by atoms with van der Waals surface area (Å²) in [5, 5.41) is 11.1. The fourth-order valence-electron chi connectivity index (χ4n) is 5.23. The number of carbonyl (C=O) groups is 2. The smallest absolute Gasteiger partial charge is 0.253 e. The zero-order valence-electron chi connectivity index (χ0n) is 21.0. The van der Waals surface area contributed by atoms with Crippen molar-refractivity contribution in [1.82, 2.24) is 20.1 Å². The second-order valence-corrected chi connectivity index (χ2v) is 10.5. The summed E-state index contributed by atoms with van der Waals surface area (Å²) in [6.07, 6.45) is 3.32. The first kappa shape index (κ1) is 24.2. The molecule has 4 aromatic rings. The number of nitrogens with zero attached hydrogens (tertiary/aromatic N) is 4. The van der Waals surface area contributed by atoms with Gasteiger partial charge >= 0.3 is 0 Å². The van der Waals surface area contributed by atoms with E-state index in [1.807, 2.05) is 72.5 Å². The zero-order valence-corrected chi connectivity index (χ0v) is 21.8. The molecule has 0 aliphatic carbocycles.